The van der Waals surface area contributed by atoms with Crippen LogP contribution in [0.1, 0.15) is 5.56 Å². The van der Waals surface area contributed by atoms with Crippen molar-refractivity contribution in [1.29, 1.82) is 0 Å². The van der Waals surface area contributed by atoms with Crippen molar-refractivity contribution in [2.45, 2.75) is 6.54 Å². The van der Waals surface area contributed by atoms with Crippen molar-refractivity contribution in [3.05, 3.63) is 24.3 Å². The van der Waals surface area contributed by atoms with Gasteiger partial charge >= 0.3 is 0 Å². The lowest BCUT2D eigenvalue weighted by atomic mass is 10.4. The molecular weight excluding hydrogens is 180 g/mol. The van der Waals surface area contributed by atoms with Gasteiger partial charge in [0.1, 0.15) is 6.33 Å². The summed E-state index contributed by atoms with van der Waals surface area (Å²) in [6.07, 6.45) is 5.30. The first-order valence-corrected chi connectivity index (χ1v) is 4.31. The summed E-state index contributed by atoms with van der Waals surface area (Å²) >= 11 is 0. The van der Waals surface area contributed by atoms with Gasteiger partial charge in [0.15, 0.2) is 0 Å². The molecule has 6 heteroatoms. The van der Waals surface area contributed by atoms with Crippen molar-refractivity contribution in [2.75, 3.05) is 5.32 Å². The maximum absolute atomic E-state index is 4.07. The van der Waals surface area contributed by atoms with Gasteiger partial charge in [-0.15, -0.1) is 0 Å². The third-order valence-electron chi connectivity index (χ3n) is 1.92. The van der Waals surface area contributed by atoms with E-state index in [1.54, 1.807) is 9.36 Å². The lowest BCUT2D eigenvalue weighted by molar-refractivity contribution is 0.764. The molecule has 0 unspecified atom stereocenters. The van der Waals surface area contributed by atoms with Gasteiger partial charge < -0.3 is 5.32 Å². The van der Waals surface area contributed by atoms with Crippen LogP contribution in [0.15, 0.2) is 18.7 Å². The van der Waals surface area contributed by atoms with Crippen LogP contribution in [0.5, 0.6) is 0 Å². The Balaban J connectivity index is 1.98. The maximum Gasteiger partial charge on any atom is 0.221 e. The Morgan fingerprint density at radius 1 is 1.36 bits per heavy atom. The Morgan fingerprint density at radius 2 is 2.21 bits per heavy atom. The molecule has 6 nitrogen and oxygen atoms in total. The number of nitrogens with one attached hydrogen (secondary N) is 1. The smallest absolute Gasteiger partial charge is 0.221 e. The normalized spacial score (nSPS) is 10.4. The zero-order valence-electron chi connectivity index (χ0n) is 8.18. The molecule has 1 N–H and O–H groups in total. The zero-order chi connectivity index (χ0) is 9.97. The van der Waals surface area contributed by atoms with Crippen LogP contribution in [-0.4, -0.2) is 24.5 Å². The molecule has 0 saturated carbocycles. The van der Waals surface area contributed by atoms with E-state index in [1.165, 1.54) is 6.33 Å². The fourth-order valence-electron chi connectivity index (χ4n) is 1.20. The standard InChI is InChI=1S/C8H12N6/c1-13-5-7(4-11-13)3-9-8-10-6-12-14(8)2/h4-6H,3H2,1-2H3,(H,9,10,12). The van der Waals surface area contributed by atoms with Gasteiger partial charge in [-0.1, -0.05) is 0 Å². The number of aryl methyl sites for hydroxylation is 2. The highest BCUT2D eigenvalue weighted by Gasteiger charge is 2.00. The quantitative estimate of drug-likeness (QED) is 0.752. The van der Waals surface area contributed by atoms with E-state index in [1.807, 2.05) is 26.5 Å². The van der Waals surface area contributed by atoms with Gasteiger partial charge in [-0.05, 0) is 0 Å². The van der Waals surface area contributed by atoms with Crippen LogP contribution in [0.2, 0.25) is 0 Å². The Bertz CT molecular complexity index is 415. The van der Waals surface area contributed by atoms with Crippen molar-refractivity contribution >= 4 is 5.95 Å². The Kier molecular flexibility index (Phi) is 2.18. The summed E-state index contributed by atoms with van der Waals surface area (Å²) in [5.41, 5.74) is 1.12. The summed E-state index contributed by atoms with van der Waals surface area (Å²) in [7, 11) is 3.74. The third-order valence-corrected chi connectivity index (χ3v) is 1.92. The number of hydrogen-bond acceptors (Lipinski definition) is 4. The minimum absolute atomic E-state index is 0.709. The van der Waals surface area contributed by atoms with E-state index in [-0.39, 0.29) is 0 Å². The van der Waals surface area contributed by atoms with E-state index < -0.39 is 0 Å². The molecule has 0 aliphatic rings. The Hall–Kier alpha value is -1.85. The summed E-state index contributed by atoms with van der Waals surface area (Å²) in [6.45, 7) is 0.709. The van der Waals surface area contributed by atoms with Crippen LogP contribution < -0.4 is 5.32 Å². The Labute approximate surface area is 81.6 Å². The summed E-state index contributed by atoms with van der Waals surface area (Å²) < 4.78 is 3.46. The predicted molar refractivity (Wildman–Crippen MR) is 51.5 cm³/mol. The first kappa shape index (κ1) is 8.74. The molecule has 2 rings (SSSR count). The number of aromatic nitrogens is 5. The zero-order valence-corrected chi connectivity index (χ0v) is 8.18. The molecule has 14 heavy (non-hydrogen) atoms. The topological polar surface area (TPSA) is 60.6 Å². The summed E-state index contributed by atoms with van der Waals surface area (Å²) in [5.74, 6) is 0.758. The second-order valence-corrected chi connectivity index (χ2v) is 3.08. The molecule has 2 aromatic heterocycles. The van der Waals surface area contributed by atoms with E-state index in [4.69, 9.17) is 0 Å². The molecule has 0 radical (unpaired) electrons. The lowest BCUT2D eigenvalue weighted by Gasteiger charge is -2.01. The van der Waals surface area contributed by atoms with Crippen LogP contribution in [0, 0.1) is 0 Å². The largest absolute Gasteiger partial charge is 0.350 e. The fourth-order valence-corrected chi connectivity index (χ4v) is 1.20. The maximum atomic E-state index is 4.07. The average Bonchev–Trinajstić information content (AvgIpc) is 2.72. The third kappa shape index (κ3) is 1.73. The molecular formula is C8H12N6. The molecule has 0 aromatic carbocycles. The first-order valence-electron chi connectivity index (χ1n) is 4.31. The van der Waals surface area contributed by atoms with Crippen LogP contribution >= 0.6 is 0 Å². The van der Waals surface area contributed by atoms with Crippen LogP contribution in [-0.2, 0) is 20.6 Å². The molecule has 0 spiro atoms. The van der Waals surface area contributed by atoms with Crippen molar-refractivity contribution in [1.82, 2.24) is 24.5 Å². The molecule has 0 bridgehead atoms. The molecule has 0 atom stereocenters. The molecule has 2 heterocycles. The van der Waals surface area contributed by atoms with Crippen LogP contribution in [0.4, 0.5) is 5.95 Å². The van der Waals surface area contributed by atoms with Crippen molar-refractivity contribution in [3.63, 3.8) is 0 Å². The first-order chi connectivity index (χ1) is 6.75. The summed E-state index contributed by atoms with van der Waals surface area (Å²) in [4.78, 5) is 4.05. The van der Waals surface area contributed by atoms with Gasteiger partial charge in [-0.3, -0.25) is 4.68 Å². The highest BCUT2D eigenvalue weighted by Crippen LogP contribution is 2.02. The highest BCUT2D eigenvalue weighted by atomic mass is 15.4. The second-order valence-electron chi connectivity index (χ2n) is 3.08. The van der Waals surface area contributed by atoms with Gasteiger partial charge in [-0.25, -0.2) is 4.68 Å². The van der Waals surface area contributed by atoms with Crippen LogP contribution in [0.25, 0.3) is 0 Å². The van der Waals surface area contributed by atoms with Crippen molar-refractivity contribution in [3.8, 4) is 0 Å². The number of nitrogens with zero attached hydrogens (tertiary/aromatic N) is 5. The van der Waals surface area contributed by atoms with Crippen molar-refractivity contribution < 1.29 is 0 Å². The molecule has 0 amide bonds. The highest BCUT2D eigenvalue weighted by molar-refractivity contribution is 5.24. The predicted octanol–water partition coefficient (Wildman–Crippen LogP) is 0.161. The molecule has 0 aliphatic heterocycles. The minimum atomic E-state index is 0.709. The average molecular weight is 192 g/mol. The van der Waals surface area contributed by atoms with Crippen LogP contribution in [0.3, 0.4) is 0 Å². The van der Waals surface area contributed by atoms with E-state index in [0.717, 1.165) is 11.5 Å². The van der Waals surface area contributed by atoms with Gasteiger partial charge in [0.2, 0.25) is 5.95 Å². The van der Waals surface area contributed by atoms with Gasteiger partial charge in [0, 0.05) is 32.4 Å². The molecule has 0 saturated heterocycles. The van der Waals surface area contributed by atoms with E-state index in [9.17, 15) is 0 Å². The monoisotopic (exact) mass is 192 g/mol. The van der Waals surface area contributed by atoms with Crippen molar-refractivity contribution in [2.24, 2.45) is 14.1 Å². The van der Waals surface area contributed by atoms with Gasteiger partial charge in [0.05, 0.1) is 6.20 Å². The summed E-state index contributed by atoms with van der Waals surface area (Å²) in [5, 5.41) is 11.2. The lowest BCUT2D eigenvalue weighted by Crippen LogP contribution is -2.05. The Morgan fingerprint density at radius 3 is 2.79 bits per heavy atom. The van der Waals surface area contributed by atoms with Gasteiger partial charge in [-0.2, -0.15) is 15.2 Å². The number of anilines is 1. The molecule has 0 fully saturated rings. The second kappa shape index (κ2) is 3.49. The molecule has 2 aromatic rings. The number of rotatable bonds is 3. The SMILES string of the molecule is Cn1cc(CNc2ncnn2C)cn1. The van der Waals surface area contributed by atoms with E-state index >= 15 is 0 Å². The summed E-state index contributed by atoms with van der Waals surface area (Å²) in [6, 6.07) is 0. The van der Waals surface area contributed by atoms with Gasteiger partial charge in [0.25, 0.3) is 0 Å². The number of hydrogen-bond donors (Lipinski definition) is 1. The molecule has 74 valence electrons. The fraction of sp³-hybridized carbons (Fsp3) is 0.375. The van der Waals surface area contributed by atoms with E-state index in [2.05, 4.69) is 20.5 Å². The molecule has 0 aliphatic carbocycles. The minimum Gasteiger partial charge on any atom is -0.350 e. The van der Waals surface area contributed by atoms with E-state index in [0.29, 0.717) is 6.54 Å².